The van der Waals surface area contributed by atoms with Gasteiger partial charge in [0.25, 0.3) is 0 Å². The monoisotopic (exact) mass is 309 g/mol. The predicted octanol–water partition coefficient (Wildman–Crippen LogP) is 2.94. The van der Waals surface area contributed by atoms with E-state index in [2.05, 4.69) is 5.32 Å². The Morgan fingerprint density at radius 2 is 2.19 bits per heavy atom. The SMILES string of the molecule is COc1cccc(Cl)c1CNC1C2CCC(C2)C1C(=O)O. The van der Waals surface area contributed by atoms with Gasteiger partial charge in [-0.15, -0.1) is 0 Å². The van der Waals surface area contributed by atoms with E-state index in [1.165, 1.54) is 0 Å². The average molecular weight is 310 g/mol. The molecule has 0 saturated heterocycles. The van der Waals surface area contributed by atoms with Crippen LogP contribution in [0.2, 0.25) is 5.02 Å². The van der Waals surface area contributed by atoms with E-state index < -0.39 is 5.97 Å². The maximum atomic E-state index is 11.5. The first-order chi connectivity index (χ1) is 10.1. The Hall–Kier alpha value is -1.26. The minimum atomic E-state index is -0.675. The van der Waals surface area contributed by atoms with Crippen molar-refractivity contribution in [2.24, 2.45) is 17.8 Å². The standard InChI is InChI=1S/C16H20ClNO3/c1-21-13-4-2-3-12(17)11(13)8-18-15-10-6-5-9(7-10)14(15)16(19)20/h2-4,9-10,14-15,18H,5-8H2,1H3,(H,19,20). The number of hydrogen-bond donors (Lipinski definition) is 2. The number of aliphatic carboxylic acids is 1. The van der Waals surface area contributed by atoms with Crippen molar-refractivity contribution in [3.05, 3.63) is 28.8 Å². The second kappa shape index (κ2) is 5.85. The summed E-state index contributed by atoms with van der Waals surface area (Å²) >= 11 is 6.24. The van der Waals surface area contributed by atoms with Gasteiger partial charge in [-0.1, -0.05) is 17.7 Å². The molecule has 4 unspecified atom stereocenters. The van der Waals surface area contributed by atoms with E-state index in [4.69, 9.17) is 16.3 Å². The molecule has 1 aromatic carbocycles. The number of carboxylic acids is 1. The molecule has 2 bridgehead atoms. The Balaban J connectivity index is 1.74. The van der Waals surface area contributed by atoms with Crippen molar-refractivity contribution in [1.29, 1.82) is 0 Å². The smallest absolute Gasteiger partial charge is 0.308 e. The molecule has 0 radical (unpaired) electrons. The van der Waals surface area contributed by atoms with E-state index in [1.807, 2.05) is 18.2 Å². The highest BCUT2D eigenvalue weighted by Crippen LogP contribution is 2.48. The molecule has 2 saturated carbocycles. The molecule has 1 aromatic rings. The van der Waals surface area contributed by atoms with Gasteiger partial charge in [-0.05, 0) is 43.2 Å². The summed E-state index contributed by atoms with van der Waals surface area (Å²) in [6.07, 6.45) is 3.22. The minimum Gasteiger partial charge on any atom is -0.496 e. The summed E-state index contributed by atoms with van der Waals surface area (Å²) in [4.78, 5) is 11.5. The molecule has 114 valence electrons. The fourth-order valence-corrected chi connectivity index (χ4v) is 4.29. The minimum absolute atomic E-state index is 0.0437. The Kier molecular flexibility index (Phi) is 4.09. The van der Waals surface area contributed by atoms with Crippen LogP contribution in [-0.4, -0.2) is 24.2 Å². The third-order valence-corrected chi connectivity index (χ3v) is 5.37. The van der Waals surface area contributed by atoms with E-state index in [0.717, 1.165) is 30.6 Å². The molecule has 2 aliphatic rings. The molecule has 2 N–H and O–H groups in total. The zero-order chi connectivity index (χ0) is 15.0. The summed E-state index contributed by atoms with van der Waals surface area (Å²) in [5.41, 5.74) is 0.897. The number of fused-ring (bicyclic) bond motifs is 2. The van der Waals surface area contributed by atoms with Crippen LogP contribution in [0, 0.1) is 17.8 Å². The van der Waals surface area contributed by atoms with E-state index >= 15 is 0 Å². The Morgan fingerprint density at radius 3 is 2.90 bits per heavy atom. The number of carbonyl (C=O) groups is 1. The van der Waals surface area contributed by atoms with Gasteiger partial charge in [-0.25, -0.2) is 0 Å². The van der Waals surface area contributed by atoms with Crippen LogP contribution in [0.4, 0.5) is 0 Å². The molecule has 2 fully saturated rings. The van der Waals surface area contributed by atoms with Crippen LogP contribution in [-0.2, 0) is 11.3 Å². The van der Waals surface area contributed by atoms with Gasteiger partial charge in [0, 0.05) is 23.2 Å². The van der Waals surface area contributed by atoms with Crippen LogP contribution in [0.25, 0.3) is 0 Å². The van der Waals surface area contributed by atoms with Gasteiger partial charge in [-0.2, -0.15) is 0 Å². The largest absolute Gasteiger partial charge is 0.496 e. The molecule has 0 aromatic heterocycles. The van der Waals surface area contributed by atoms with Gasteiger partial charge in [0.2, 0.25) is 0 Å². The van der Waals surface area contributed by atoms with Gasteiger partial charge >= 0.3 is 5.97 Å². The van der Waals surface area contributed by atoms with E-state index in [1.54, 1.807) is 7.11 Å². The second-order valence-corrected chi connectivity index (χ2v) is 6.43. The maximum Gasteiger partial charge on any atom is 0.308 e. The van der Waals surface area contributed by atoms with Crippen LogP contribution in [0.3, 0.4) is 0 Å². The van der Waals surface area contributed by atoms with Crippen molar-refractivity contribution in [2.75, 3.05) is 7.11 Å². The Morgan fingerprint density at radius 1 is 1.43 bits per heavy atom. The lowest BCUT2D eigenvalue weighted by Crippen LogP contribution is -2.43. The third-order valence-electron chi connectivity index (χ3n) is 5.01. The second-order valence-electron chi connectivity index (χ2n) is 6.02. The molecular formula is C16H20ClNO3. The van der Waals surface area contributed by atoms with E-state index in [0.29, 0.717) is 23.4 Å². The summed E-state index contributed by atoms with van der Waals surface area (Å²) in [5, 5.41) is 13.5. The highest BCUT2D eigenvalue weighted by Gasteiger charge is 2.50. The molecule has 4 nitrogen and oxygen atoms in total. The van der Waals surface area contributed by atoms with Crippen LogP contribution >= 0.6 is 11.6 Å². The molecule has 21 heavy (non-hydrogen) atoms. The first-order valence-corrected chi connectivity index (χ1v) is 7.77. The average Bonchev–Trinajstić information content (AvgIpc) is 3.06. The van der Waals surface area contributed by atoms with Gasteiger partial charge < -0.3 is 15.2 Å². The normalized spacial score (nSPS) is 30.6. The van der Waals surface area contributed by atoms with Gasteiger partial charge in [-0.3, -0.25) is 4.79 Å². The van der Waals surface area contributed by atoms with Crippen molar-refractivity contribution in [3.8, 4) is 5.75 Å². The first kappa shape index (κ1) is 14.7. The van der Waals surface area contributed by atoms with Gasteiger partial charge in [0.05, 0.1) is 13.0 Å². The summed E-state index contributed by atoms with van der Waals surface area (Å²) in [6, 6.07) is 5.60. The highest BCUT2D eigenvalue weighted by molar-refractivity contribution is 6.31. The topological polar surface area (TPSA) is 58.6 Å². The van der Waals surface area contributed by atoms with Crippen molar-refractivity contribution >= 4 is 17.6 Å². The number of carboxylic acid groups (broad SMARTS) is 1. The van der Waals surface area contributed by atoms with Crippen molar-refractivity contribution in [1.82, 2.24) is 5.32 Å². The molecule has 0 heterocycles. The molecule has 5 heteroatoms. The number of hydrogen-bond acceptors (Lipinski definition) is 3. The molecule has 2 aliphatic carbocycles. The van der Waals surface area contributed by atoms with Crippen LogP contribution < -0.4 is 10.1 Å². The number of halogens is 1. The number of methoxy groups -OCH3 is 1. The molecule has 0 aliphatic heterocycles. The molecule has 3 rings (SSSR count). The van der Waals surface area contributed by atoms with Crippen molar-refractivity contribution in [3.63, 3.8) is 0 Å². The quantitative estimate of drug-likeness (QED) is 0.878. The Labute approximate surface area is 129 Å². The lowest BCUT2D eigenvalue weighted by atomic mass is 9.84. The number of benzene rings is 1. The molecule has 0 amide bonds. The van der Waals surface area contributed by atoms with Gasteiger partial charge in [0.1, 0.15) is 5.75 Å². The molecule has 4 atom stereocenters. The summed E-state index contributed by atoms with van der Waals surface area (Å²) < 4.78 is 5.34. The summed E-state index contributed by atoms with van der Waals surface area (Å²) in [7, 11) is 1.62. The Bertz CT molecular complexity index is 548. The number of nitrogens with one attached hydrogen (secondary N) is 1. The highest BCUT2D eigenvalue weighted by atomic mass is 35.5. The summed E-state index contributed by atoms with van der Waals surface area (Å²) in [5.74, 6) is 0.607. The third kappa shape index (κ3) is 2.62. The number of ether oxygens (including phenoxy) is 1. The van der Waals surface area contributed by atoms with E-state index in [9.17, 15) is 9.90 Å². The van der Waals surface area contributed by atoms with Gasteiger partial charge in [0.15, 0.2) is 0 Å². The van der Waals surface area contributed by atoms with Crippen LogP contribution in [0.5, 0.6) is 5.75 Å². The van der Waals surface area contributed by atoms with E-state index in [-0.39, 0.29) is 12.0 Å². The lowest BCUT2D eigenvalue weighted by molar-refractivity contribution is -0.144. The van der Waals surface area contributed by atoms with Crippen LogP contribution in [0.1, 0.15) is 24.8 Å². The molecular weight excluding hydrogens is 290 g/mol. The fourth-order valence-electron chi connectivity index (χ4n) is 4.06. The fraction of sp³-hybridized carbons (Fsp3) is 0.562. The predicted molar refractivity (Wildman–Crippen MR) is 80.6 cm³/mol. The number of rotatable bonds is 5. The maximum absolute atomic E-state index is 11.5. The summed E-state index contributed by atoms with van der Waals surface area (Å²) in [6.45, 7) is 0.542. The van der Waals surface area contributed by atoms with Crippen LogP contribution in [0.15, 0.2) is 18.2 Å². The zero-order valence-corrected chi connectivity index (χ0v) is 12.8. The van der Waals surface area contributed by atoms with Crippen molar-refractivity contribution in [2.45, 2.75) is 31.8 Å². The van der Waals surface area contributed by atoms with Crippen molar-refractivity contribution < 1.29 is 14.6 Å². The molecule has 0 spiro atoms. The lowest BCUT2D eigenvalue weighted by Gasteiger charge is -2.29. The zero-order valence-electron chi connectivity index (χ0n) is 12.0. The first-order valence-electron chi connectivity index (χ1n) is 7.39.